The van der Waals surface area contributed by atoms with Crippen molar-refractivity contribution in [2.24, 2.45) is 0 Å². The van der Waals surface area contributed by atoms with Crippen molar-refractivity contribution < 1.29 is 14.0 Å². The molecule has 0 bridgehead atoms. The summed E-state index contributed by atoms with van der Waals surface area (Å²) in [6.07, 6.45) is 1.77. The first kappa shape index (κ1) is 25.4. The number of halogens is 3. The quantitative estimate of drug-likeness (QED) is 0.301. The number of imidazole rings is 1. The maximum absolute atomic E-state index is 14.2. The summed E-state index contributed by atoms with van der Waals surface area (Å²) in [7, 11) is 0. The molecule has 0 spiro atoms. The van der Waals surface area contributed by atoms with Gasteiger partial charge in [0.15, 0.2) is 0 Å². The number of nitrogens with one attached hydrogen (secondary N) is 1. The Hall–Kier alpha value is -3.68. The lowest BCUT2D eigenvalue weighted by atomic mass is 10.1. The molecular weight excluding hydrogens is 502 g/mol. The van der Waals surface area contributed by atoms with Crippen LogP contribution in [0.5, 0.6) is 0 Å². The van der Waals surface area contributed by atoms with Crippen molar-refractivity contribution in [3.63, 3.8) is 0 Å². The van der Waals surface area contributed by atoms with Crippen LogP contribution in [0.15, 0.2) is 79.0 Å². The molecule has 9 heteroatoms. The summed E-state index contributed by atoms with van der Waals surface area (Å²) >= 11 is 12.2. The van der Waals surface area contributed by atoms with Gasteiger partial charge in [-0.05, 0) is 56.3 Å². The van der Waals surface area contributed by atoms with Crippen LogP contribution in [-0.2, 0) is 4.79 Å². The Morgan fingerprint density at radius 3 is 2.39 bits per heavy atom. The number of nitrogens with zero attached hydrogens (tertiary/aromatic N) is 3. The smallest absolute Gasteiger partial charge is 0.257 e. The first-order chi connectivity index (χ1) is 17.2. The largest absolute Gasteiger partial charge is 0.327 e. The van der Waals surface area contributed by atoms with E-state index in [1.54, 1.807) is 61.0 Å². The third-order valence-electron chi connectivity index (χ3n) is 5.49. The van der Waals surface area contributed by atoms with Gasteiger partial charge in [0.25, 0.3) is 5.91 Å². The fraction of sp³-hybridized carbons (Fsp3) is 0.148. The lowest BCUT2D eigenvalue weighted by Gasteiger charge is -2.26. The van der Waals surface area contributed by atoms with Gasteiger partial charge >= 0.3 is 0 Å². The van der Waals surface area contributed by atoms with Crippen LogP contribution in [-0.4, -0.2) is 38.9 Å². The molecule has 36 heavy (non-hydrogen) atoms. The number of aromatic nitrogens is 2. The first-order valence-corrected chi connectivity index (χ1v) is 11.9. The van der Waals surface area contributed by atoms with E-state index in [1.165, 1.54) is 23.1 Å². The van der Waals surface area contributed by atoms with E-state index in [4.69, 9.17) is 23.2 Å². The van der Waals surface area contributed by atoms with Gasteiger partial charge in [0, 0.05) is 33.5 Å². The molecule has 184 valence electrons. The van der Waals surface area contributed by atoms with Crippen LogP contribution in [0.25, 0.3) is 16.9 Å². The van der Waals surface area contributed by atoms with Crippen LogP contribution >= 0.6 is 23.2 Å². The number of carbonyl (C=O) groups excluding carboxylic acids is 2. The molecule has 1 aromatic heterocycles. The predicted octanol–water partition coefficient (Wildman–Crippen LogP) is 6.47. The predicted molar refractivity (Wildman–Crippen MR) is 140 cm³/mol. The average molecular weight is 525 g/mol. The van der Waals surface area contributed by atoms with Crippen LogP contribution in [0.1, 0.15) is 24.2 Å². The van der Waals surface area contributed by atoms with E-state index in [1.807, 2.05) is 18.2 Å². The zero-order valence-electron chi connectivity index (χ0n) is 19.6. The van der Waals surface area contributed by atoms with Crippen LogP contribution in [0.2, 0.25) is 10.0 Å². The minimum atomic E-state index is -0.641. The minimum absolute atomic E-state index is 0.0931. The molecule has 0 aliphatic rings. The van der Waals surface area contributed by atoms with Gasteiger partial charge in [-0.3, -0.25) is 19.5 Å². The maximum atomic E-state index is 14.2. The highest BCUT2D eigenvalue weighted by molar-refractivity contribution is 6.31. The Kier molecular flexibility index (Phi) is 7.72. The third-order valence-corrected chi connectivity index (χ3v) is 5.97. The highest BCUT2D eigenvalue weighted by Gasteiger charge is 2.25. The lowest BCUT2D eigenvalue weighted by molar-refractivity contribution is -0.117. The highest BCUT2D eigenvalue weighted by Crippen LogP contribution is 2.27. The monoisotopic (exact) mass is 524 g/mol. The number of benzene rings is 3. The van der Waals surface area contributed by atoms with Crippen molar-refractivity contribution in [2.75, 3.05) is 11.9 Å². The number of carbonyl (C=O) groups is 2. The second kappa shape index (κ2) is 10.9. The van der Waals surface area contributed by atoms with E-state index in [-0.39, 0.29) is 24.1 Å². The fourth-order valence-electron chi connectivity index (χ4n) is 3.65. The van der Waals surface area contributed by atoms with Gasteiger partial charge in [-0.15, -0.1) is 0 Å². The Morgan fingerprint density at radius 1 is 1.00 bits per heavy atom. The normalized spacial score (nSPS) is 10.9. The average Bonchev–Trinajstić information content (AvgIpc) is 3.26. The van der Waals surface area contributed by atoms with E-state index >= 15 is 0 Å². The van der Waals surface area contributed by atoms with Crippen molar-refractivity contribution in [2.45, 2.75) is 19.9 Å². The Bertz CT molecular complexity index is 1400. The summed E-state index contributed by atoms with van der Waals surface area (Å²) in [4.78, 5) is 32.0. The van der Waals surface area contributed by atoms with Gasteiger partial charge in [0.05, 0.1) is 11.3 Å². The topological polar surface area (TPSA) is 67.2 Å². The molecule has 0 unspecified atom stereocenters. The van der Waals surface area contributed by atoms with E-state index in [2.05, 4.69) is 10.3 Å². The number of anilines is 1. The van der Waals surface area contributed by atoms with Crippen LogP contribution in [0.4, 0.5) is 10.3 Å². The van der Waals surface area contributed by atoms with Crippen molar-refractivity contribution in [1.82, 2.24) is 14.5 Å². The van der Waals surface area contributed by atoms with Gasteiger partial charge in [-0.25, -0.2) is 9.37 Å². The minimum Gasteiger partial charge on any atom is -0.327 e. The molecule has 0 aliphatic carbocycles. The number of hydrogen-bond acceptors (Lipinski definition) is 3. The molecule has 0 saturated heterocycles. The summed E-state index contributed by atoms with van der Waals surface area (Å²) < 4.78 is 15.9. The van der Waals surface area contributed by atoms with E-state index in [0.29, 0.717) is 21.4 Å². The van der Waals surface area contributed by atoms with Gasteiger partial charge in [0.1, 0.15) is 12.4 Å². The maximum Gasteiger partial charge on any atom is 0.257 e. The van der Waals surface area contributed by atoms with Gasteiger partial charge < -0.3 is 4.90 Å². The second-order valence-electron chi connectivity index (χ2n) is 8.36. The summed E-state index contributed by atoms with van der Waals surface area (Å²) in [5.41, 5.74) is 2.00. The molecule has 0 aliphatic heterocycles. The summed E-state index contributed by atoms with van der Waals surface area (Å²) in [6, 6.07) is 19.6. The van der Waals surface area contributed by atoms with Crippen molar-refractivity contribution in [3.05, 3.63) is 100 Å². The molecule has 2 amide bonds. The summed E-state index contributed by atoms with van der Waals surface area (Å²) in [5, 5.41) is 3.91. The molecule has 0 fully saturated rings. The van der Waals surface area contributed by atoms with Crippen LogP contribution < -0.4 is 5.32 Å². The van der Waals surface area contributed by atoms with Gasteiger partial charge in [-0.1, -0.05) is 53.5 Å². The molecule has 6 nitrogen and oxygen atoms in total. The van der Waals surface area contributed by atoms with Crippen LogP contribution in [0.3, 0.4) is 0 Å². The molecular formula is C27H23Cl2FN4O2. The molecule has 4 rings (SSSR count). The molecule has 0 saturated carbocycles. The number of hydrogen-bond donors (Lipinski definition) is 1. The molecule has 1 heterocycles. The first-order valence-electron chi connectivity index (χ1n) is 11.2. The highest BCUT2D eigenvalue weighted by atomic mass is 35.5. The van der Waals surface area contributed by atoms with E-state index < -0.39 is 17.6 Å². The molecule has 0 radical (unpaired) electrons. The number of amides is 2. The Balaban J connectivity index is 1.64. The third kappa shape index (κ3) is 5.75. The molecule has 4 aromatic rings. The summed E-state index contributed by atoms with van der Waals surface area (Å²) in [5.74, 6) is -1.45. The zero-order valence-corrected chi connectivity index (χ0v) is 21.1. The standard InChI is InChI=1S/C27H23Cl2FN4O2/c1-17(2)33(26(36)22-8-3-4-9-23(22)30)16-25(35)32-27-31-24(18-10-12-19(28)13-11-18)15-34(27)21-7-5-6-20(29)14-21/h3-15,17H,16H2,1-2H3,(H,31,32,35). The summed E-state index contributed by atoms with van der Waals surface area (Å²) in [6.45, 7) is 3.23. The van der Waals surface area contributed by atoms with Crippen molar-refractivity contribution >= 4 is 41.0 Å². The SMILES string of the molecule is CC(C)N(CC(=O)Nc1nc(-c2ccc(Cl)cc2)cn1-c1cccc(Cl)c1)C(=O)c1ccccc1F. The van der Waals surface area contributed by atoms with Gasteiger partial charge in [-0.2, -0.15) is 0 Å². The zero-order chi connectivity index (χ0) is 25.8. The number of rotatable bonds is 7. The van der Waals surface area contributed by atoms with Gasteiger partial charge in [0.2, 0.25) is 11.9 Å². The Labute approximate surface area is 218 Å². The molecule has 1 N–H and O–H groups in total. The fourth-order valence-corrected chi connectivity index (χ4v) is 3.96. The van der Waals surface area contributed by atoms with Crippen molar-refractivity contribution in [1.29, 1.82) is 0 Å². The van der Waals surface area contributed by atoms with E-state index in [9.17, 15) is 14.0 Å². The van der Waals surface area contributed by atoms with E-state index in [0.717, 1.165) is 5.56 Å². The van der Waals surface area contributed by atoms with Crippen molar-refractivity contribution in [3.8, 4) is 16.9 Å². The molecule has 0 atom stereocenters. The Morgan fingerprint density at radius 2 is 1.72 bits per heavy atom. The van der Waals surface area contributed by atoms with Crippen LogP contribution in [0, 0.1) is 5.82 Å². The molecule has 3 aromatic carbocycles. The second-order valence-corrected chi connectivity index (χ2v) is 9.23. The lowest BCUT2D eigenvalue weighted by Crippen LogP contribution is -2.42.